The molecule has 82 valence electrons. The van der Waals surface area contributed by atoms with Crippen LogP contribution in [0, 0.1) is 0 Å². The predicted molar refractivity (Wildman–Crippen MR) is 67.8 cm³/mol. The lowest BCUT2D eigenvalue weighted by molar-refractivity contribution is -0.113. The molecule has 4 N–H and O–H groups in total. The molecular formula is C13H14N2O. The summed E-state index contributed by atoms with van der Waals surface area (Å²) in [6.45, 7) is 3.09. The normalized spacial score (nSPS) is 9.00. The lowest BCUT2D eigenvalue weighted by Gasteiger charge is -1.98. The highest BCUT2D eigenvalue weighted by Gasteiger charge is 1.92. The highest BCUT2D eigenvalue weighted by molar-refractivity contribution is 5.92. The smallest absolute Gasteiger partial charge is 0.240 e. The van der Waals surface area contributed by atoms with Crippen LogP contribution in [0.5, 0.6) is 0 Å². The van der Waals surface area contributed by atoms with Gasteiger partial charge in [-0.15, -0.1) is 0 Å². The fourth-order valence-corrected chi connectivity index (χ4v) is 1.25. The predicted octanol–water partition coefficient (Wildman–Crippen LogP) is 2.08. The Kier molecular flexibility index (Phi) is 4.09. The zero-order valence-corrected chi connectivity index (χ0v) is 8.89. The van der Waals surface area contributed by atoms with Crippen molar-refractivity contribution in [3.8, 4) is 0 Å². The highest BCUT2D eigenvalue weighted by Crippen LogP contribution is 2.19. The number of carbonyl (C=O) groups excluding carboxylic acids is 1. The van der Waals surface area contributed by atoms with Gasteiger partial charge in [-0.2, -0.15) is 0 Å². The first-order valence-corrected chi connectivity index (χ1v) is 4.80. The van der Waals surface area contributed by atoms with Crippen molar-refractivity contribution < 1.29 is 4.79 Å². The van der Waals surface area contributed by atoms with Crippen LogP contribution in [0.15, 0.2) is 55.1 Å². The molecule has 0 saturated carbocycles. The van der Waals surface area contributed by atoms with Gasteiger partial charge in [-0.05, 0) is 17.5 Å². The molecule has 0 saturated heterocycles. The molecule has 0 aliphatic carbocycles. The topological polar surface area (TPSA) is 69.1 Å². The average Bonchev–Trinajstić information content (AvgIpc) is 2.30. The Morgan fingerprint density at radius 2 is 1.69 bits per heavy atom. The van der Waals surface area contributed by atoms with Gasteiger partial charge in [0.05, 0.1) is 0 Å². The maximum atomic E-state index is 9.47. The standard InChI is InChI=1S/C10H9N.C3H5NO/c11-10-7-3-5-8-4-1-2-6-9(8)10;1-2-3(4)5/h1-7H,11H2;2H,1H2,(H2,4,5). The maximum absolute atomic E-state index is 9.47. The summed E-state index contributed by atoms with van der Waals surface area (Å²) in [6.07, 6.45) is 1.06. The molecule has 0 spiro atoms. The summed E-state index contributed by atoms with van der Waals surface area (Å²) in [7, 11) is 0. The number of primary amides is 1. The van der Waals surface area contributed by atoms with E-state index in [2.05, 4.69) is 24.4 Å². The van der Waals surface area contributed by atoms with E-state index in [4.69, 9.17) is 5.73 Å². The largest absolute Gasteiger partial charge is 0.398 e. The van der Waals surface area contributed by atoms with Gasteiger partial charge in [0.15, 0.2) is 0 Å². The Morgan fingerprint density at radius 3 is 2.25 bits per heavy atom. The monoisotopic (exact) mass is 214 g/mol. The number of rotatable bonds is 1. The van der Waals surface area contributed by atoms with E-state index in [1.54, 1.807) is 0 Å². The van der Waals surface area contributed by atoms with Crippen molar-refractivity contribution in [3.05, 3.63) is 55.1 Å². The summed E-state index contributed by atoms with van der Waals surface area (Å²) in [5, 5.41) is 2.34. The molecule has 0 aliphatic heterocycles. The molecule has 3 heteroatoms. The number of fused-ring (bicyclic) bond motifs is 1. The molecule has 1 amide bonds. The molecule has 0 radical (unpaired) electrons. The zero-order valence-electron chi connectivity index (χ0n) is 8.89. The Morgan fingerprint density at radius 1 is 1.12 bits per heavy atom. The van der Waals surface area contributed by atoms with Crippen LogP contribution in [-0.4, -0.2) is 5.91 Å². The van der Waals surface area contributed by atoms with E-state index in [0.717, 1.165) is 17.1 Å². The van der Waals surface area contributed by atoms with Crippen LogP contribution in [0.1, 0.15) is 0 Å². The molecule has 2 aromatic rings. The minimum absolute atomic E-state index is 0.481. The van der Waals surface area contributed by atoms with Crippen molar-refractivity contribution in [2.24, 2.45) is 5.73 Å². The minimum atomic E-state index is -0.481. The number of amides is 1. The molecule has 3 nitrogen and oxygen atoms in total. The molecule has 2 aromatic carbocycles. The SMILES string of the molecule is C=CC(N)=O.Nc1cccc2ccccc12. The van der Waals surface area contributed by atoms with Gasteiger partial charge in [-0.25, -0.2) is 0 Å². The van der Waals surface area contributed by atoms with Crippen molar-refractivity contribution in [2.45, 2.75) is 0 Å². The van der Waals surface area contributed by atoms with Crippen molar-refractivity contribution in [1.29, 1.82) is 0 Å². The van der Waals surface area contributed by atoms with Crippen LogP contribution in [0.2, 0.25) is 0 Å². The van der Waals surface area contributed by atoms with E-state index in [0.29, 0.717) is 0 Å². The van der Waals surface area contributed by atoms with Gasteiger partial charge in [-0.1, -0.05) is 43.0 Å². The van der Waals surface area contributed by atoms with E-state index in [1.807, 2.05) is 30.3 Å². The molecule has 16 heavy (non-hydrogen) atoms. The number of nitrogens with two attached hydrogens (primary N) is 2. The summed E-state index contributed by atoms with van der Waals surface area (Å²) in [6, 6.07) is 14.1. The van der Waals surface area contributed by atoms with Gasteiger partial charge in [0, 0.05) is 11.1 Å². The number of anilines is 1. The molecular weight excluding hydrogens is 200 g/mol. The highest BCUT2D eigenvalue weighted by atomic mass is 16.1. The first kappa shape index (κ1) is 11.8. The second-order valence-corrected chi connectivity index (χ2v) is 3.17. The molecule has 0 unspecified atom stereocenters. The van der Waals surface area contributed by atoms with E-state index in [1.165, 1.54) is 5.39 Å². The average molecular weight is 214 g/mol. The van der Waals surface area contributed by atoms with Crippen LogP contribution >= 0.6 is 0 Å². The minimum Gasteiger partial charge on any atom is -0.398 e. The Labute approximate surface area is 94.4 Å². The first-order valence-electron chi connectivity index (χ1n) is 4.80. The Balaban J connectivity index is 0.000000221. The van der Waals surface area contributed by atoms with Crippen LogP contribution in [0.25, 0.3) is 10.8 Å². The molecule has 0 heterocycles. The van der Waals surface area contributed by atoms with E-state index in [9.17, 15) is 4.79 Å². The second-order valence-electron chi connectivity index (χ2n) is 3.17. The fraction of sp³-hybridized carbons (Fsp3) is 0. The van der Waals surface area contributed by atoms with E-state index < -0.39 is 5.91 Å². The summed E-state index contributed by atoms with van der Waals surface area (Å²) in [4.78, 5) is 9.47. The zero-order chi connectivity index (χ0) is 12.0. The lowest BCUT2D eigenvalue weighted by atomic mass is 10.1. The number of nitrogen functional groups attached to an aromatic ring is 1. The first-order chi connectivity index (χ1) is 7.65. The maximum Gasteiger partial charge on any atom is 0.240 e. The third-order valence-electron chi connectivity index (χ3n) is 2.02. The summed E-state index contributed by atoms with van der Waals surface area (Å²) >= 11 is 0. The molecule has 0 aliphatic rings. The van der Waals surface area contributed by atoms with Crippen molar-refractivity contribution in [3.63, 3.8) is 0 Å². The fourth-order valence-electron chi connectivity index (χ4n) is 1.25. The number of benzene rings is 2. The van der Waals surface area contributed by atoms with Gasteiger partial charge < -0.3 is 11.5 Å². The van der Waals surface area contributed by atoms with Gasteiger partial charge in [-0.3, -0.25) is 4.79 Å². The quantitative estimate of drug-likeness (QED) is 0.563. The van der Waals surface area contributed by atoms with Crippen molar-refractivity contribution >= 4 is 22.4 Å². The Hall–Kier alpha value is -2.29. The molecule has 0 bridgehead atoms. The van der Waals surface area contributed by atoms with Crippen LogP contribution < -0.4 is 11.5 Å². The van der Waals surface area contributed by atoms with Gasteiger partial charge in [0.1, 0.15) is 0 Å². The van der Waals surface area contributed by atoms with Crippen molar-refractivity contribution in [1.82, 2.24) is 0 Å². The lowest BCUT2D eigenvalue weighted by Crippen LogP contribution is -2.04. The molecule has 0 aromatic heterocycles. The number of hydrogen-bond donors (Lipinski definition) is 2. The van der Waals surface area contributed by atoms with E-state index in [-0.39, 0.29) is 0 Å². The molecule has 2 rings (SSSR count). The summed E-state index contributed by atoms with van der Waals surface area (Å²) in [5.74, 6) is -0.481. The van der Waals surface area contributed by atoms with Gasteiger partial charge in [0.2, 0.25) is 5.91 Å². The third-order valence-corrected chi connectivity index (χ3v) is 2.02. The number of carbonyl (C=O) groups is 1. The van der Waals surface area contributed by atoms with Gasteiger partial charge >= 0.3 is 0 Å². The van der Waals surface area contributed by atoms with Gasteiger partial charge in [0.25, 0.3) is 0 Å². The van der Waals surface area contributed by atoms with Crippen LogP contribution in [-0.2, 0) is 4.79 Å². The van der Waals surface area contributed by atoms with Crippen molar-refractivity contribution in [2.75, 3.05) is 5.73 Å². The van der Waals surface area contributed by atoms with Crippen LogP contribution in [0.4, 0.5) is 5.69 Å². The second kappa shape index (κ2) is 5.56. The van der Waals surface area contributed by atoms with E-state index >= 15 is 0 Å². The third kappa shape index (κ3) is 3.13. The molecule has 0 atom stereocenters. The number of hydrogen-bond acceptors (Lipinski definition) is 2. The Bertz CT molecular complexity index is 501. The molecule has 0 fully saturated rings. The summed E-state index contributed by atoms with van der Waals surface area (Å²) in [5.41, 5.74) is 11.1. The summed E-state index contributed by atoms with van der Waals surface area (Å²) < 4.78 is 0. The van der Waals surface area contributed by atoms with Crippen LogP contribution in [0.3, 0.4) is 0 Å².